The number of hydrogen-bond donors (Lipinski definition) is 1. The Kier molecular flexibility index (Phi) is 4.79. The Bertz CT molecular complexity index is 892. The van der Waals surface area contributed by atoms with E-state index in [0.717, 1.165) is 5.56 Å². The monoisotopic (exact) mass is 338 g/mol. The highest BCUT2D eigenvalue weighted by molar-refractivity contribution is 5.93. The molecule has 0 unspecified atom stereocenters. The second-order valence-electron chi connectivity index (χ2n) is 5.25. The van der Waals surface area contributed by atoms with Crippen LogP contribution < -0.4 is 5.32 Å². The number of carbonyl (C=O) groups is 1. The zero-order valence-electron chi connectivity index (χ0n) is 13.1. The second kappa shape index (κ2) is 7.35. The first-order valence-corrected chi connectivity index (χ1v) is 7.52. The molecule has 0 spiro atoms. The van der Waals surface area contributed by atoms with Crippen LogP contribution in [0.5, 0.6) is 0 Å². The average Bonchev–Trinajstić information content (AvgIpc) is 3.13. The molecule has 0 radical (unpaired) electrons. The molecule has 0 fully saturated rings. The van der Waals surface area contributed by atoms with Crippen molar-refractivity contribution in [2.24, 2.45) is 0 Å². The Morgan fingerprint density at radius 2 is 2.00 bits per heavy atom. The summed E-state index contributed by atoms with van der Waals surface area (Å²) >= 11 is 0. The van der Waals surface area contributed by atoms with Gasteiger partial charge in [-0.3, -0.25) is 19.9 Å². The van der Waals surface area contributed by atoms with Crippen molar-refractivity contribution >= 4 is 11.6 Å². The van der Waals surface area contributed by atoms with Crippen LogP contribution in [0.25, 0.3) is 11.3 Å². The van der Waals surface area contributed by atoms with Crippen LogP contribution in [0.1, 0.15) is 16.1 Å². The Morgan fingerprint density at radius 3 is 2.76 bits per heavy atom. The minimum Gasteiger partial charge on any atom is -0.355 e. The maximum atomic E-state index is 12.1. The molecule has 126 valence electrons. The number of non-ortho nitro benzene ring substituents is 1. The summed E-state index contributed by atoms with van der Waals surface area (Å²) in [5, 5.41) is 17.3. The topological polar surface area (TPSA) is 111 Å². The van der Waals surface area contributed by atoms with Gasteiger partial charge in [-0.25, -0.2) is 0 Å². The molecular weight excluding hydrogens is 324 g/mol. The molecule has 8 nitrogen and oxygen atoms in total. The molecule has 3 rings (SSSR count). The van der Waals surface area contributed by atoms with Crippen molar-refractivity contribution in [1.29, 1.82) is 0 Å². The van der Waals surface area contributed by atoms with E-state index in [0.29, 0.717) is 24.3 Å². The van der Waals surface area contributed by atoms with E-state index in [-0.39, 0.29) is 17.3 Å². The summed E-state index contributed by atoms with van der Waals surface area (Å²) < 4.78 is 5.13. The zero-order valence-corrected chi connectivity index (χ0v) is 13.1. The molecule has 2 heterocycles. The molecule has 3 aromatic rings. The summed E-state index contributed by atoms with van der Waals surface area (Å²) in [6.45, 7) is 0.446. The van der Waals surface area contributed by atoms with Gasteiger partial charge in [0.25, 0.3) is 11.6 Å². The van der Waals surface area contributed by atoms with Crippen molar-refractivity contribution in [1.82, 2.24) is 15.5 Å². The van der Waals surface area contributed by atoms with Gasteiger partial charge < -0.3 is 9.84 Å². The fourth-order valence-corrected chi connectivity index (χ4v) is 2.25. The Balaban J connectivity index is 1.63. The first-order chi connectivity index (χ1) is 12.1. The number of benzene rings is 1. The number of aromatic nitrogens is 2. The smallest absolute Gasteiger partial charge is 0.273 e. The van der Waals surface area contributed by atoms with E-state index in [1.54, 1.807) is 24.5 Å². The quantitative estimate of drug-likeness (QED) is 0.546. The molecule has 1 N–H and O–H groups in total. The maximum absolute atomic E-state index is 12.1. The average molecular weight is 338 g/mol. The van der Waals surface area contributed by atoms with Crippen molar-refractivity contribution in [2.45, 2.75) is 6.42 Å². The minimum atomic E-state index is -0.493. The molecule has 8 heteroatoms. The van der Waals surface area contributed by atoms with E-state index in [4.69, 9.17) is 4.52 Å². The highest BCUT2D eigenvalue weighted by atomic mass is 16.6. The molecule has 0 aliphatic rings. The number of nitro groups is 1. The normalized spacial score (nSPS) is 10.4. The van der Waals surface area contributed by atoms with Crippen LogP contribution in [0, 0.1) is 10.1 Å². The van der Waals surface area contributed by atoms with Crippen LogP contribution in [-0.2, 0) is 6.42 Å². The molecule has 1 amide bonds. The third-order valence-electron chi connectivity index (χ3n) is 3.53. The van der Waals surface area contributed by atoms with Crippen LogP contribution in [0.2, 0.25) is 0 Å². The molecule has 0 atom stereocenters. The van der Waals surface area contributed by atoms with E-state index < -0.39 is 4.92 Å². The molecule has 25 heavy (non-hydrogen) atoms. The van der Waals surface area contributed by atoms with Gasteiger partial charge in [-0.1, -0.05) is 17.3 Å². The zero-order chi connectivity index (χ0) is 17.6. The number of amides is 1. The van der Waals surface area contributed by atoms with Crippen LogP contribution in [-0.4, -0.2) is 27.5 Å². The van der Waals surface area contributed by atoms with Crippen molar-refractivity contribution in [3.63, 3.8) is 0 Å². The molecule has 0 bridgehead atoms. The van der Waals surface area contributed by atoms with Gasteiger partial charge in [-0.15, -0.1) is 0 Å². The number of pyridine rings is 1. The van der Waals surface area contributed by atoms with E-state index in [1.165, 1.54) is 18.2 Å². The lowest BCUT2D eigenvalue weighted by Crippen LogP contribution is -2.25. The fraction of sp³-hybridized carbons (Fsp3) is 0.118. The summed E-state index contributed by atoms with van der Waals surface area (Å²) in [6, 6.07) is 11.2. The highest BCUT2D eigenvalue weighted by Gasteiger charge is 2.15. The summed E-state index contributed by atoms with van der Waals surface area (Å²) in [5.41, 5.74) is 1.61. The van der Waals surface area contributed by atoms with Gasteiger partial charge in [0.05, 0.1) is 4.92 Å². The first kappa shape index (κ1) is 16.3. The fourth-order valence-electron chi connectivity index (χ4n) is 2.25. The van der Waals surface area contributed by atoms with E-state index in [9.17, 15) is 14.9 Å². The van der Waals surface area contributed by atoms with E-state index in [2.05, 4.69) is 15.5 Å². The number of nitrogens with zero attached hydrogens (tertiary/aromatic N) is 3. The second-order valence-corrected chi connectivity index (χ2v) is 5.25. The lowest BCUT2D eigenvalue weighted by atomic mass is 10.1. The summed E-state index contributed by atoms with van der Waals surface area (Å²) in [5.74, 6) is -0.0718. The first-order valence-electron chi connectivity index (χ1n) is 7.52. The van der Waals surface area contributed by atoms with Gasteiger partial charge in [0.2, 0.25) is 0 Å². The van der Waals surface area contributed by atoms with Crippen LogP contribution >= 0.6 is 0 Å². The number of hydrogen-bond acceptors (Lipinski definition) is 6. The highest BCUT2D eigenvalue weighted by Crippen LogP contribution is 2.24. The van der Waals surface area contributed by atoms with Crippen LogP contribution in [0.15, 0.2) is 59.4 Å². The van der Waals surface area contributed by atoms with Crippen molar-refractivity contribution in [3.05, 3.63) is 76.2 Å². The molecule has 2 aromatic heterocycles. The van der Waals surface area contributed by atoms with Crippen molar-refractivity contribution in [2.75, 3.05) is 6.54 Å². The predicted molar refractivity (Wildman–Crippen MR) is 88.9 cm³/mol. The van der Waals surface area contributed by atoms with Gasteiger partial charge in [0.1, 0.15) is 0 Å². The van der Waals surface area contributed by atoms with E-state index >= 15 is 0 Å². The number of carbonyl (C=O) groups excluding carboxylic acids is 1. The van der Waals surface area contributed by atoms with E-state index in [1.807, 2.05) is 12.1 Å². The van der Waals surface area contributed by atoms with Gasteiger partial charge >= 0.3 is 0 Å². The van der Waals surface area contributed by atoms with Gasteiger partial charge in [-0.2, -0.15) is 0 Å². The predicted octanol–water partition coefficient (Wildman–Crippen LogP) is 2.62. The third kappa shape index (κ3) is 4.05. The molecule has 0 saturated heterocycles. The van der Waals surface area contributed by atoms with Crippen LogP contribution in [0.3, 0.4) is 0 Å². The van der Waals surface area contributed by atoms with Gasteiger partial charge in [0, 0.05) is 42.7 Å². The number of nitrogens with one attached hydrogen (secondary N) is 1. The lowest BCUT2D eigenvalue weighted by Gasteiger charge is -2.02. The summed E-state index contributed by atoms with van der Waals surface area (Å²) in [4.78, 5) is 26.4. The minimum absolute atomic E-state index is 0.0581. The molecule has 0 aliphatic heterocycles. The van der Waals surface area contributed by atoms with Crippen molar-refractivity contribution < 1.29 is 14.2 Å². The number of rotatable bonds is 6. The molecular formula is C17H14N4O4. The molecule has 1 aromatic carbocycles. The Hall–Kier alpha value is -3.55. The van der Waals surface area contributed by atoms with Gasteiger partial charge in [0.15, 0.2) is 11.5 Å². The standard InChI is InChI=1S/C17H14N4O4/c22-17(19-9-6-12-4-7-18-8-5-12)15-11-16(25-20-15)13-2-1-3-14(10-13)21(23)24/h1-5,7-8,10-11H,6,9H2,(H,19,22). The SMILES string of the molecule is O=C(NCCc1ccncc1)c1cc(-c2cccc([N+](=O)[O-])c2)on1. The lowest BCUT2D eigenvalue weighted by molar-refractivity contribution is -0.384. The number of nitro benzene ring substituents is 1. The van der Waals surface area contributed by atoms with Crippen molar-refractivity contribution in [3.8, 4) is 11.3 Å². The largest absolute Gasteiger partial charge is 0.355 e. The van der Waals surface area contributed by atoms with Crippen LogP contribution in [0.4, 0.5) is 5.69 Å². The summed E-state index contributed by atoms with van der Waals surface area (Å²) in [6.07, 6.45) is 4.06. The Labute approximate surface area is 142 Å². The maximum Gasteiger partial charge on any atom is 0.273 e. The van der Waals surface area contributed by atoms with Gasteiger partial charge in [-0.05, 0) is 24.1 Å². The Morgan fingerprint density at radius 1 is 1.20 bits per heavy atom. The third-order valence-corrected chi connectivity index (χ3v) is 3.53. The molecule has 0 saturated carbocycles. The summed E-state index contributed by atoms with van der Waals surface area (Å²) in [7, 11) is 0. The molecule has 0 aliphatic carbocycles.